The highest BCUT2D eigenvalue weighted by Crippen LogP contribution is 2.30. The van der Waals surface area contributed by atoms with Crippen LogP contribution in [0.4, 0.5) is 10.5 Å². The van der Waals surface area contributed by atoms with Gasteiger partial charge in [0.1, 0.15) is 0 Å². The van der Waals surface area contributed by atoms with E-state index in [1.165, 1.54) is 16.7 Å². The van der Waals surface area contributed by atoms with E-state index in [-0.39, 0.29) is 6.03 Å². The minimum absolute atomic E-state index is 0.307. The maximum atomic E-state index is 12.8. The quantitative estimate of drug-likeness (QED) is 0.240. The van der Waals surface area contributed by atoms with Gasteiger partial charge in [-0.3, -0.25) is 4.57 Å². The average Bonchev–Trinajstić information content (AvgIpc) is 3.28. The van der Waals surface area contributed by atoms with Gasteiger partial charge in [0, 0.05) is 16.5 Å². The largest absolute Gasteiger partial charge is 0.328 e. The number of nitrogens with one attached hydrogen (secondary N) is 2. The molecule has 4 aromatic rings. The summed E-state index contributed by atoms with van der Waals surface area (Å²) in [6.07, 6.45) is 0.951. The number of aryl methyl sites for hydroxylation is 3. The van der Waals surface area contributed by atoms with Gasteiger partial charge < -0.3 is 10.6 Å². The van der Waals surface area contributed by atoms with Crippen LogP contribution in [-0.2, 0) is 12.2 Å². The van der Waals surface area contributed by atoms with Crippen molar-refractivity contribution in [3.8, 4) is 5.69 Å². The Bertz CT molecular complexity index is 1350. The molecule has 0 aliphatic heterocycles. The second-order valence-corrected chi connectivity index (χ2v) is 10.1. The van der Waals surface area contributed by atoms with Crippen LogP contribution in [0, 0.1) is 13.8 Å². The van der Waals surface area contributed by atoms with Crippen molar-refractivity contribution in [2.24, 2.45) is 0 Å². The van der Waals surface area contributed by atoms with Crippen LogP contribution in [-0.4, -0.2) is 20.8 Å². The molecular weight excluding hydrogens is 490 g/mol. The maximum Gasteiger partial charge on any atom is 0.319 e. The zero-order chi connectivity index (χ0) is 25.7. The van der Waals surface area contributed by atoms with E-state index in [1.807, 2.05) is 60.9 Å². The number of hydrogen-bond acceptors (Lipinski definition) is 4. The summed E-state index contributed by atoms with van der Waals surface area (Å²) in [5.41, 5.74) is 6.30. The molecule has 186 valence electrons. The molecule has 4 rings (SSSR count). The van der Waals surface area contributed by atoms with E-state index >= 15 is 0 Å². The predicted octanol–water partition coefficient (Wildman–Crippen LogP) is 7.27. The third-order valence-corrected chi connectivity index (χ3v) is 7.11. The van der Waals surface area contributed by atoms with Gasteiger partial charge in [0.2, 0.25) is 0 Å². The van der Waals surface area contributed by atoms with Gasteiger partial charge in [-0.15, -0.1) is 10.2 Å². The summed E-state index contributed by atoms with van der Waals surface area (Å²) in [5, 5.41) is 16.2. The van der Waals surface area contributed by atoms with Crippen molar-refractivity contribution in [1.82, 2.24) is 20.1 Å². The van der Waals surface area contributed by atoms with E-state index in [0.717, 1.165) is 34.3 Å². The summed E-state index contributed by atoms with van der Waals surface area (Å²) in [6, 6.07) is 21.3. The fraction of sp³-hybridized carbons (Fsp3) is 0.250. The van der Waals surface area contributed by atoms with Crippen LogP contribution in [0.2, 0.25) is 5.02 Å². The highest BCUT2D eigenvalue weighted by Gasteiger charge is 2.22. The van der Waals surface area contributed by atoms with Crippen LogP contribution in [0.1, 0.15) is 48.0 Å². The lowest BCUT2D eigenvalue weighted by Crippen LogP contribution is -2.32. The molecule has 36 heavy (non-hydrogen) atoms. The molecule has 0 aliphatic rings. The third-order valence-electron chi connectivity index (χ3n) is 5.88. The van der Waals surface area contributed by atoms with Crippen molar-refractivity contribution in [3.63, 3.8) is 0 Å². The summed E-state index contributed by atoms with van der Waals surface area (Å²) in [4.78, 5) is 12.8. The molecule has 2 N–H and O–H groups in total. The Morgan fingerprint density at radius 2 is 1.81 bits per heavy atom. The standard InChI is InChI=1S/C28H30ClN5OS/c1-5-21-10-13-24(14-11-21)31-27(35)30-20(4)26-32-33-28(36-17-22-8-6-7-18(2)15-22)34(26)25-16-23(29)12-9-19(25)3/h6-16,20H,5,17H2,1-4H3,(H2,30,31,35). The summed E-state index contributed by atoms with van der Waals surface area (Å²) < 4.78 is 1.99. The second kappa shape index (κ2) is 11.6. The number of carbonyl (C=O) groups is 1. The molecule has 1 heterocycles. The topological polar surface area (TPSA) is 71.8 Å². The van der Waals surface area contributed by atoms with E-state index in [9.17, 15) is 4.79 Å². The molecule has 1 aromatic heterocycles. The van der Waals surface area contributed by atoms with E-state index in [1.54, 1.807) is 11.8 Å². The van der Waals surface area contributed by atoms with E-state index in [4.69, 9.17) is 11.6 Å². The Morgan fingerprint density at radius 3 is 2.53 bits per heavy atom. The number of thioether (sulfide) groups is 1. The van der Waals surface area contributed by atoms with Crippen molar-refractivity contribution in [1.29, 1.82) is 0 Å². The van der Waals surface area contributed by atoms with Gasteiger partial charge in [0.25, 0.3) is 0 Å². The van der Waals surface area contributed by atoms with Crippen molar-refractivity contribution in [3.05, 3.63) is 99.8 Å². The Hall–Kier alpha value is -3.29. The smallest absolute Gasteiger partial charge is 0.319 e. The molecule has 6 nitrogen and oxygen atoms in total. The minimum Gasteiger partial charge on any atom is -0.328 e. The Kier molecular flexibility index (Phi) is 8.33. The number of urea groups is 1. The van der Waals surface area contributed by atoms with Crippen LogP contribution in [0.5, 0.6) is 0 Å². The predicted molar refractivity (Wildman–Crippen MR) is 148 cm³/mol. The summed E-state index contributed by atoms with van der Waals surface area (Å²) in [5.74, 6) is 1.37. The molecule has 1 unspecified atom stereocenters. The van der Waals surface area contributed by atoms with Crippen molar-refractivity contribution >= 4 is 35.1 Å². The van der Waals surface area contributed by atoms with Crippen LogP contribution >= 0.6 is 23.4 Å². The van der Waals surface area contributed by atoms with Crippen molar-refractivity contribution < 1.29 is 4.79 Å². The van der Waals surface area contributed by atoms with E-state index in [2.05, 4.69) is 58.9 Å². The zero-order valence-electron chi connectivity index (χ0n) is 20.9. The molecule has 0 radical (unpaired) electrons. The number of amides is 2. The number of aromatic nitrogens is 3. The number of benzene rings is 3. The number of anilines is 1. The molecule has 0 fully saturated rings. The number of hydrogen-bond donors (Lipinski definition) is 2. The Labute approximate surface area is 221 Å². The minimum atomic E-state index is -0.404. The lowest BCUT2D eigenvalue weighted by molar-refractivity contribution is 0.249. The van der Waals surface area contributed by atoms with Gasteiger partial charge in [-0.25, -0.2) is 4.79 Å². The highest BCUT2D eigenvalue weighted by molar-refractivity contribution is 7.98. The van der Waals surface area contributed by atoms with Gasteiger partial charge in [-0.05, 0) is 68.1 Å². The summed E-state index contributed by atoms with van der Waals surface area (Å²) >= 11 is 7.96. The lowest BCUT2D eigenvalue weighted by Gasteiger charge is -2.18. The van der Waals surface area contributed by atoms with Crippen LogP contribution in [0.25, 0.3) is 5.69 Å². The first-order chi connectivity index (χ1) is 17.3. The third kappa shape index (κ3) is 6.28. The van der Waals surface area contributed by atoms with Gasteiger partial charge in [0.05, 0.1) is 11.7 Å². The SMILES string of the molecule is CCc1ccc(NC(=O)NC(C)c2nnc(SCc3cccc(C)c3)n2-c2cc(Cl)ccc2C)cc1. The van der Waals surface area contributed by atoms with Gasteiger partial charge in [-0.2, -0.15) is 0 Å². The normalized spacial score (nSPS) is 11.8. The molecule has 2 amide bonds. The van der Waals surface area contributed by atoms with Gasteiger partial charge >= 0.3 is 6.03 Å². The number of rotatable bonds is 8. The first-order valence-electron chi connectivity index (χ1n) is 11.9. The fourth-order valence-corrected chi connectivity index (χ4v) is 4.97. The monoisotopic (exact) mass is 519 g/mol. The number of halogens is 1. The fourth-order valence-electron chi connectivity index (χ4n) is 3.91. The summed E-state index contributed by atoms with van der Waals surface area (Å²) in [7, 11) is 0. The molecular formula is C28H30ClN5OS. The summed E-state index contributed by atoms with van der Waals surface area (Å²) in [6.45, 7) is 8.10. The number of nitrogens with zero attached hydrogens (tertiary/aromatic N) is 3. The maximum absolute atomic E-state index is 12.8. The van der Waals surface area contributed by atoms with E-state index in [0.29, 0.717) is 10.8 Å². The molecule has 1 atom stereocenters. The number of carbonyl (C=O) groups excluding carboxylic acids is 1. The molecule has 0 aliphatic carbocycles. The van der Waals surface area contributed by atoms with Crippen LogP contribution in [0.15, 0.2) is 71.9 Å². The van der Waals surface area contributed by atoms with Gasteiger partial charge in [0.15, 0.2) is 11.0 Å². The van der Waals surface area contributed by atoms with Crippen LogP contribution in [0.3, 0.4) is 0 Å². The first-order valence-corrected chi connectivity index (χ1v) is 13.3. The zero-order valence-corrected chi connectivity index (χ0v) is 22.5. The molecule has 0 saturated carbocycles. The van der Waals surface area contributed by atoms with Gasteiger partial charge in [-0.1, -0.05) is 78.3 Å². The van der Waals surface area contributed by atoms with E-state index < -0.39 is 6.04 Å². The van der Waals surface area contributed by atoms with Crippen LogP contribution < -0.4 is 10.6 Å². The lowest BCUT2D eigenvalue weighted by atomic mass is 10.1. The second-order valence-electron chi connectivity index (χ2n) is 8.76. The van der Waals surface area contributed by atoms with Crippen molar-refractivity contribution in [2.75, 3.05) is 5.32 Å². The molecule has 8 heteroatoms. The highest BCUT2D eigenvalue weighted by atomic mass is 35.5. The molecule has 0 bridgehead atoms. The molecule has 0 saturated heterocycles. The van der Waals surface area contributed by atoms with Crippen molar-refractivity contribution in [2.45, 2.75) is 51.1 Å². The average molecular weight is 520 g/mol. The molecule has 0 spiro atoms. The Balaban J connectivity index is 1.59. The molecule has 3 aromatic carbocycles. The first kappa shape index (κ1) is 25.8. The Morgan fingerprint density at radius 1 is 1.03 bits per heavy atom.